The number of carbonyl (C=O) groups excluding carboxylic acids is 1. The number of nitrogens with zero attached hydrogens (tertiary/aromatic N) is 1. The first-order chi connectivity index (χ1) is 8.40. The molecule has 0 radical (unpaired) electrons. The molecule has 1 aromatic carbocycles. The highest BCUT2D eigenvalue weighted by atomic mass is 35.5. The van der Waals surface area contributed by atoms with Crippen LogP contribution in [-0.2, 0) is 0 Å². The lowest BCUT2D eigenvalue weighted by Crippen LogP contribution is -2.40. The van der Waals surface area contributed by atoms with Gasteiger partial charge in [-0.05, 0) is 25.1 Å². The summed E-state index contributed by atoms with van der Waals surface area (Å²) in [5.74, 6) is 0. The summed E-state index contributed by atoms with van der Waals surface area (Å²) < 4.78 is 0. The number of nitrogens with one attached hydrogen (secondary N) is 1. The Morgan fingerprint density at radius 3 is 2.83 bits per heavy atom. The molecule has 0 fully saturated rings. The van der Waals surface area contributed by atoms with E-state index in [-0.39, 0.29) is 12.1 Å². The Morgan fingerprint density at radius 1 is 1.61 bits per heavy atom. The van der Waals surface area contributed by atoms with Gasteiger partial charge in [0, 0.05) is 30.2 Å². The van der Waals surface area contributed by atoms with Crippen LogP contribution < -0.4 is 11.1 Å². The van der Waals surface area contributed by atoms with E-state index in [1.807, 2.05) is 6.92 Å². The summed E-state index contributed by atoms with van der Waals surface area (Å²) in [6, 6.07) is 6.71. The first-order valence-corrected chi connectivity index (χ1v) is 6.26. The normalized spacial score (nSPS) is 11.7. The molecule has 0 spiro atoms. The predicted molar refractivity (Wildman–Crippen MR) is 79.1 cm³/mol. The molecule has 1 rings (SSSR count). The fourth-order valence-corrected chi connectivity index (χ4v) is 1.84. The van der Waals surface area contributed by atoms with E-state index in [4.69, 9.17) is 29.6 Å². The zero-order valence-corrected chi connectivity index (χ0v) is 11.9. The second kappa shape index (κ2) is 6.56. The minimum atomic E-state index is -0.221. The number of halogens is 1. The third-order valence-corrected chi connectivity index (χ3v) is 2.96. The molecule has 6 heteroatoms. The van der Waals surface area contributed by atoms with E-state index >= 15 is 0 Å². The van der Waals surface area contributed by atoms with Crippen molar-refractivity contribution < 1.29 is 4.79 Å². The minimum absolute atomic E-state index is 0.0540. The molecule has 0 saturated carbocycles. The molecule has 1 unspecified atom stereocenters. The molecular formula is C12H16ClN3OS. The summed E-state index contributed by atoms with van der Waals surface area (Å²) in [5.41, 5.74) is 6.11. The molecule has 1 aromatic rings. The Hall–Kier alpha value is -1.33. The second-order valence-electron chi connectivity index (χ2n) is 4.07. The molecule has 3 N–H and O–H groups in total. The van der Waals surface area contributed by atoms with E-state index in [1.165, 1.54) is 0 Å². The summed E-state index contributed by atoms with van der Waals surface area (Å²) in [5, 5.41) is 3.33. The van der Waals surface area contributed by atoms with Gasteiger partial charge in [-0.3, -0.25) is 0 Å². The molecule has 18 heavy (non-hydrogen) atoms. The quantitative estimate of drug-likeness (QED) is 0.837. The minimum Gasteiger partial charge on any atom is -0.393 e. The number of thiocarbonyl (C=S) groups is 1. The van der Waals surface area contributed by atoms with Crippen molar-refractivity contribution in [3.8, 4) is 0 Å². The highest BCUT2D eigenvalue weighted by Gasteiger charge is 2.16. The Balaban J connectivity index is 2.62. The van der Waals surface area contributed by atoms with Crippen molar-refractivity contribution in [3.63, 3.8) is 0 Å². The predicted octanol–water partition coefficient (Wildman–Crippen LogP) is 2.87. The van der Waals surface area contributed by atoms with E-state index in [0.717, 1.165) is 0 Å². The monoisotopic (exact) mass is 285 g/mol. The number of carbonyl (C=O) groups is 1. The van der Waals surface area contributed by atoms with Crippen LogP contribution in [0.15, 0.2) is 24.3 Å². The molecule has 4 nitrogen and oxygen atoms in total. The molecule has 98 valence electrons. The Bertz CT molecular complexity index is 453. The Kier molecular flexibility index (Phi) is 5.37. The van der Waals surface area contributed by atoms with E-state index in [2.05, 4.69) is 5.32 Å². The van der Waals surface area contributed by atoms with Gasteiger partial charge in [-0.15, -0.1) is 0 Å². The molecule has 0 bridgehead atoms. The van der Waals surface area contributed by atoms with E-state index < -0.39 is 0 Å². The van der Waals surface area contributed by atoms with Gasteiger partial charge in [0.05, 0.1) is 4.99 Å². The summed E-state index contributed by atoms with van der Waals surface area (Å²) in [7, 11) is 1.70. The van der Waals surface area contributed by atoms with Gasteiger partial charge in [0.15, 0.2) is 0 Å². The molecule has 2 amide bonds. The fourth-order valence-electron chi connectivity index (χ4n) is 1.41. The van der Waals surface area contributed by atoms with Crippen molar-refractivity contribution in [2.24, 2.45) is 5.73 Å². The summed E-state index contributed by atoms with van der Waals surface area (Å²) in [4.78, 5) is 13.9. The largest absolute Gasteiger partial charge is 0.393 e. The molecule has 0 aliphatic carbocycles. The van der Waals surface area contributed by atoms with Crippen LogP contribution in [-0.4, -0.2) is 29.0 Å². The van der Waals surface area contributed by atoms with Crippen LogP contribution in [0.25, 0.3) is 0 Å². The number of urea groups is 1. The third-order valence-electron chi connectivity index (χ3n) is 2.55. The molecular weight excluding hydrogens is 270 g/mol. The van der Waals surface area contributed by atoms with Gasteiger partial charge in [-0.2, -0.15) is 0 Å². The van der Waals surface area contributed by atoms with Crippen molar-refractivity contribution in [1.82, 2.24) is 4.90 Å². The molecule has 0 aliphatic rings. The van der Waals surface area contributed by atoms with E-state index in [0.29, 0.717) is 22.1 Å². The summed E-state index contributed by atoms with van der Waals surface area (Å²) >= 11 is 10.7. The van der Waals surface area contributed by atoms with Crippen molar-refractivity contribution in [2.75, 3.05) is 12.4 Å². The highest BCUT2D eigenvalue weighted by molar-refractivity contribution is 7.80. The van der Waals surface area contributed by atoms with Crippen LogP contribution >= 0.6 is 23.8 Å². The van der Waals surface area contributed by atoms with Gasteiger partial charge < -0.3 is 16.0 Å². The van der Waals surface area contributed by atoms with Gasteiger partial charge in [0.2, 0.25) is 0 Å². The second-order valence-corrected chi connectivity index (χ2v) is 5.03. The Morgan fingerprint density at radius 2 is 2.28 bits per heavy atom. The van der Waals surface area contributed by atoms with Crippen LogP contribution in [0.2, 0.25) is 5.02 Å². The van der Waals surface area contributed by atoms with Gasteiger partial charge in [0.25, 0.3) is 0 Å². The van der Waals surface area contributed by atoms with Gasteiger partial charge >= 0.3 is 6.03 Å². The SMILES string of the molecule is CC(CC(N)=S)N(C)C(=O)Nc1cccc(Cl)c1. The first kappa shape index (κ1) is 14.7. The van der Waals surface area contributed by atoms with Crippen molar-refractivity contribution in [2.45, 2.75) is 19.4 Å². The fraction of sp³-hybridized carbons (Fsp3) is 0.333. The van der Waals surface area contributed by atoms with Gasteiger partial charge in [-0.1, -0.05) is 29.9 Å². The number of amides is 2. The van der Waals surface area contributed by atoms with Crippen LogP contribution in [0.3, 0.4) is 0 Å². The number of rotatable bonds is 4. The number of hydrogen-bond acceptors (Lipinski definition) is 2. The van der Waals surface area contributed by atoms with Crippen LogP contribution in [0.5, 0.6) is 0 Å². The lowest BCUT2D eigenvalue weighted by atomic mass is 10.2. The number of hydrogen-bond donors (Lipinski definition) is 2. The van der Waals surface area contributed by atoms with E-state index in [9.17, 15) is 4.79 Å². The highest BCUT2D eigenvalue weighted by Crippen LogP contribution is 2.15. The maximum Gasteiger partial charge on any atom is 0.321 e. The summed E-state index contributed by atoms with van der Waals surface area (Å²) in [6.45, 7) is 1.89. The standard InChI is InChI=1S/C12H16ClN3OS/c1-8(6-11(14)18)16(2)12(17)15-10-5-3-4-9(13)7-10/h3-5,7-8H,6H2,1-2H3,(H2,14,18)(H,15,17). The van der Waals surface area contributed by atoms with Crippen LogP contribution in [0.1, 0.15) is 13.3 Å². The number of benzene rings is 1. The smallest absolute Gasteiger partial charge is 0.321 e. The average molecular weight is 286 g/mol. The van der Waals surface area contributed by atoms with Gasteiger partial charge in [-0.25, -0.2) is 4.79 Å². The van der Waals surface area contributed by atoms with Crippen molar-refractivity contribution >= 4 is 40.5 Å². The zero-order chi connectivity index (χ0) is 13.7. The molecule has 1 atom stereocenters. The van der Waals surface area contributed by atoms with Crippen LogP contribution in [0.4, 0.5) is 10.5 Å². The molecule has 0 heterocycles. The lowest BCUT2D eigenvalue weighted by Gasteiger charge is -2.24. The van der Waals surface area contributed by atoms with Crippen molar-refractivity contribution in [3.05, 3.63) is 29.3 Å². The average Bonchev–Trinajstić information content (AvgIpc) is 2.27. The maximum absolute atomic E-state index is 11.9. The first-order valence-electron chi connectivity index (χ1n) is 5.48. The molecule has 0 saturated heterocycles. The topological polar surface area (TPSA) is 58.4 Å². The number of anilines is 1. The van der Waals surface area contributed by atoms with Crippen molar-refractivity contribution in [1.29, 1.82) is 0 Å². The summed E-state index contributed by atoms with van der Waals surface area (Å²) in [6.07, 6.45) is 0.495. The molecule has 0 aromatic heterocycles. The zero-order valence-electron chi connectivity index (χ0n) is 10.3. The Labute approximate surface area is 117 Å². The number of nitrogens with two attached hydrogens (primary N) is 1. The van der Waals surface area contributed by atoms with E-state index in [1.54, 1.807) is 36.2 Å². The maximum atomic E-state index is 11.9. The molecule has 0 aliphatic heterocycles. The third kappa shape index (κ3) is 4.50. The van der Waals surface area contributed by atoms with Gasteiger partial charge in [0.1, 0.15) is 0 Å². The lowest BCUT2D eigenvalue weighted by molar-refractivity contribution is 0.209. The van der Waals surface area contributed by atoms with Crippen LogP contribution in [0, 0.1) is 0 Å².